The second kappa shape index (κ2) is 7.89. The second-order valence-electron chi connectivity index (χ2n) is 8.33. The molecule has 0 atom stereocenters. The maximum atomic E-state index is 6.24. The molecule has 158 valence electrons. The molecule has 0 N–H and O–H groups in total. The molecule has 0 spiro atoms. The minimum Gasteiger partial charge on any atom is -0.368 e. The highest BCUT2D eigenvalue weighted by Crippen LogP contribution is 2.30. The van der Waals surface area contributed by atoms with Crippen LogP contribution in [-0.4, -0.2) is 40.8 Å². The lowest BCUT2D eigenvalue weighted by atomic mass is 10.0. The van der Waals surface area contributed by atoms with Gasteiger partial charge in [-0.1, -0.05) is 41.4 Å². The molecular formula is C25H26ClN5. The van der Waals surface area contributed by atoms with E-state index in [2.05, 4.69) is 67.0 Å². The molecule has 1 saturated heterocycles. The quantitative estimate of drug-likeness (QED) is 0.441. The van der Waals surface area contributed by atoms with Crippen LogP contribution in [0, 0.1) is 20.8 Å². The van der Waals surface area contributed by atoms with Crippen LogP contribution in [0.15, 0.2) is 54.9 Å². The number of halogens is 1. The van der Waals surface area contributed by atoms with Gasteiger partial charge in [0, 0.05) is 54.8 Å². The molecule has 5 nitrogen and oxygen atoms in total. The zero-order valence-electron chi connectivity index (χ0n) is 18.1. The van der Waals surface area contributed by atoms with Crippen LogP contribution in [0.4, 0.5) is 11.5 Å². The summed E-state index contributed by atoms with van der Waals surface area (Å²) >= 11 is 6.24. The summed E-state index contributed by atoms with van der Waals surface area (Å²) in [6.07, 6.45) is 3.77. The largest absolute Gasteiger partial charge is 0.368 e. The molecule has 2 aromatic heterocycles. The van der Waals surface area contributed by atoms with Crippen molar-refractivity contribution >= 4 is 28.6 Å². The number of rotatable bonds is 3. The lowest BCUT2D eigenvalue weighted by Crippen LogP contribution is -2.47. The Morgan fingerprint density at radius 3 is 2.39 bits per heavy atom. The summed E-state index contributed by atoms with van der Waals surface area (Å²) in [5.74, 6) is 0.994. The molecule has 0 saturated carbocycles. The van der Waals surface area contributed by atoms with Crippen molar-refractivity contribution in [2.45, 2.75) is 20.8 Å². The van der Waals surface area contributed by atoms with Crippen LogP contribution < -0.4 is 9.80 Å². The lowest BCUT2D eigenvalue weighted by molar-refractivity contribution is 0.646. The zero-order chi connectivity index (χ0) is 21.5. The monoisotopic (exact) mass is 431 g/mol. The van der Waals surface area contributed by atoms with E-state index in [4.69, 9.17) is 21.7 Å². The van der Waals surface area contributed by atoms with E-state index in [1.807, 2.05) is 23.0 Å². The number of benzene rings is 2. The first-order valence-electron chi connectivity index (χ1n) is 10.7. The first-order valence-corrected chi connectivity index (χ1v) is 11.1. The van der Waals surface area contributed by atoms with Crippen LogP contribution in [0.1, 0.15) is 16.7 Å². The van der Waals surface area contributed by atoms with Crippen molar-refractivity contribution < 1.29 is 0 Å². The smallest absolute Gasteiger partial charge is 0.154 e. The summed E-state index contributed by atoms with van der Waals surface area (Å²) in [6, 6.07) is 14.8. The van der Waals surface area contributed by atoms with E-state index in [0.717, 1.165) is 48.2 Å². The van der Waals surface area contributed by atoms with Gasteiger partial charge in [0.05, 0.1) is 5.69 Å². The molecule has 1 fully saturated rings. The van der Waals surface area contributed by atoms with Gasteiger partial charge >= 0.3 is 0 Å². The van der Waals surface area contributed by atoms with E-state index < -0.39 is 0 Å². The molecule has 1 aliphatic heterocycles. The minimum atomic E-state index is 0.785. The predicted octanol–water partition coefficient (Wildman–Crippen LogP) is 5.30. The fourth-order valence-corrected chi connectivity index (χ4v) is 4.63. The molecule has 0 unspecified atom stereocenters. The van der Waals surface area contributed by atoms with Gasteiger partial charge in [0.15, 0.2) is 5.82 Å². The summed E-state index contributed by atoms with van der Waals surface area (Å²) in [5.41, 5.74) is 8.18. The number of piperazine rings is 1. The van der Waals surface area contributed by atoms with Crippen molar-refractivity contribution in [3.8, 4) is 11.3 Å². The second-order valence-corrected chi connectivity index (χ2v) is 8.77. The summed E-state index contributed by atoms with van der Waals surface area (Å²) in [7, 11) is 0. The van der Waals surface area contributed by atoms with Gasteiger partial charge in [0.1, 0.15) is 5.52 Å². The third kappa shape index (κ3) is 3.74. The molecule has 5 rings (SSSR count). The molecule has 0 amide bonds. The summed E-state index contributed by atoms with van der Waals surface area (Å²) in [5, 5.41) is 5.62. The summed E-state index contributed by atoms with van der Waals surface area (Å²) in [4.78, 5) is 9.50. The SMILES string of the molecule is Cc1ccc(-c2cc3c(N4CCN(c5cc(Cl)ccc5C)CC4)nccn3n2)c(C)c1. The number of fused-ring (bicyclic) bond motifs is 1. The number of hydrogen-bond acceptors (Lipinski definition) is 4. The normalized spacial score (nSPS) is 14.5. The van der Waals surface area contributed by atoms with Crippen molar-refractivity contribution in [3.63, 3.8) is 0 Å². The number of aromatic nitrogens is 3. The van der Waals surface area contributed by atoms with Gasteiger partial charge in [-0.3, -0.25) is 0 Å². The van der Waals surface area contributed by atoms with E-state index >= 15 is 0 Å². The first-order chi connectivity index (χ1) is 15.0. The van der Waals surface area contributed by atoms with Crippen molar-refractivity contribution in [2.75, 3.05) is 36.0 Å². The maximum absolute atomic E-state index is 6.24. The van der Waals surface area contributed by atoms with E-state index in [-0.39, 0.29) is 0 Å². The van der Waals surface area contributed by atoms with Crippen molar-refractivity contribution in [1.82, 2.24) is 14.6 Å². The Balaban J connectivity index is 1.42. The van der Waals surface area contributed by atoms with Gasteiger partial charge in [0.2, 0.25) is 0 Å². The molecule has 0 aliphatic carbocycles. The van der Waals surface area contributed by atoms with Crippen LogP contribution in [0.2, 0.25) is 5.02 Å². The third-order valence-electron chi connectivity index (χ3n) is 6.12. The van der Waals surface area contributed by atoms with Gasteiger partial charge in [-0.15, -0.1) is 0 Å². The Labute approximate surface area is 187 Å². The van der Waals surface area contributed by atoms with Gasteiger partial charge in [-0.2, -0.15) is 5.10 Å². The minimum absolute atomic E-state index is 0.785. The van der Waals surface area contributed by atoms with E-state index in [1.165, 1.54) is 27.9 Å². The van der Waals surface area contributed by atoms with E-state index in [1.54, 1.807) is 0 Å². The third-order valence-corrected chi connectivity index (χ3v) is 6.35. The highest BCUT2D eigenvalue weighted by Gasteiger charge is 2.22. The molecule has 0 bridgehead atoms. The van der Waals surface area contributed by atoms with Gasteiger partial charge in [0.25, 0.3) is 0 Å². The van der Waals surface area contributed by atoms with Crippen molar-refractivity contribution in [1.29, 1.82) is 0 Å². The Kier molecular flexibility index (Phi) is 5.06. The van der Waals surface area contributed by atoms with Crippen molar-refractivity contribution in [3.05, 3.63) is 76.6 Å². The molecule has 6 heteroatoms. The Morgan fingerprint density at radius 2 is 1.61 bits per heavy atom. The maximum Gasteiger partial charge on any atom is 0.154 e. The Hall–Kier alpha value is -3.05. The number of aryl methyl sites for hydroxylation is 3. The van der Waals surface area contributed by atoms with Crippen LogP contribution in [0.3, 0.4) is 0 Å². The first kappa shape index (κ1) is 19.9. The van der Waals surface area contributed by atoms with Crippen LogP contribution >= 0.6 is 11.6 Å². The van der Waals surface area contributed by atoms with Crippen molar-refractivity contribution in [2.24, 2.45) is 0 Å². The average Bonchev–Trinajstić information content (AvgIpc) is 3.19. The van der Waals surface area contributed by atoms with Gasteiger partial charge in [-0.05, 0) is 50.1 Å². The molecule has 2 aromatic carbocycles. The number of hydrogen-bond donors (Lipinski definition) is 0. The lowest BCUT2D eigenvalue weighted by Gasteiger charge is -2.37. The number of nitrogens with zero attached hydrogens (tertiary/aromatic N) is 5. The predicted molar refractivity (Wildman–Crippen MR) is 129 cm³/mol. The van der Waals surface area contributed by atoms with Gasteiger partial charge < -0.3 is 9.80 Å². The highest BCUT2D eigenvalue weighted by atomic mass is 35.5. The molecule has 1 aliphatic rings. The van der Waals surface area contributed by atoms with Crippen LogP contribution in [0.25, 0.3) is 16.8 Å². The molecular weight excluding hydrogens is 406 g/mol. The standard InChI is InChI=1S/C25H26ClN5/c1-17-4-7-21(19(3)14-17)22-16-24-25(27-8-9-31(24)28-22)30-12-10-29(11-13-30)23-15-20(26)6-5-18(23)2/h4-9,14-16H,10-13H2,1-3H3. The fourth-order valence-electron chi connectivity index (χ4n) is 4.47. The highest BCUT2D eigenvalue weighted by molar-refractivity contribution is 6.30. The molecule has 31 heavy (non-hydrogen) atoms. The zero-order valence-corrected chi connectivity index (χ0v) is 18.9. The topological polar surface area (TPSA) is 36.7 Å². The fraction of sp³-hybridized carbons (Fsp3) is 0.280. The summed E-state index contributed by atoms with van der Waals surface area (Å²) < 4.78 is 1.95. The van der Waals surface area contributed by atoms with E-state index in [0.29, 0.717) is 0 Å². The van der Waals surface area contributed by atoms with Crippen LogP contribution in [0.5, 0.6) is 0 Å². The molecule has 0 radical (unpaired) electrons. The summed E-state index contributed by atoms with van der Waals surface area (Å²) in [6.45, 7) is 10.1. The molecule has 4 aromatic rings. The Bertz CT molecular complexity index is 1250. The average molecular weight is 432 g/mol. The van der Waals surface area contributed by atoms with Gasteiger partial charge in [-0.25, -0.2) is 9.50 Å². The molecule has 3 heterocycles. The Morgan fingerprint density at radius 1 is 0.839 bits per heavy atom. The number of anilines is 2. The van der Waals surface area contributed by atoms with E-state index in [9.17, 15) is 0 Å². The van der Waals surface area contributed by atoms with Crippen LogP contribution in [-0.2, 0) is 0 Å².